The van der Waals surface area contributed by atoms with Crippen molar-refractivity contribution in [1.29, 1.82) is 0 Å². The molecule has 0 radical (unpaired) electrons. The summed E-state index contributed by atoms with van der Waals surface area (Å²) in [6.07, 6.45) is 0.986. The van der Waals surface area contributed by atoms with Crippen molar-refractivity contribution in [1.82, 2.24) is 0 Å². The van der Waals surface area contributed by atoms with Gasteiger partial charge in [-0.2, -0.15) is 0 Å². The van der Waals surface area contributed by atoms with Crippen LogP contribution in [0.4, 0.5) is 5.69 Å². The predicted molar refractivity (Wildman–Crippen MR) is 65.1 cm³/mol. The van der Waals surface area contributed by atoms with Crippen LogP contribution in [0.3, 0.4) is 0 Å². The highest BCUT2D eigenvalue weighted by Gasteiger charge is 2.39. The van der Waals surface area contributed by atoms with Crippen molar-refractivity contribution in [2.75, 3.05) is 5.32 Å². The van der Waals surface area contributed by atoms with Crippen molar-refractivity contribution in [3.05, 3.63) is 27.7 Å². The third-order valence-corrected chi connectivity index (χ3v) is 3.44. The molecule has 0 spiro atoms. The molecule has 2 atom stereocenters. The average Bonchev–Trinajstić information content (AvgIpc) is 2.88. The van der Waals surface area contributed by atoms with Crippen molar-refractivity contribution >= 4 is 39.1 Å². The summed E-state index contributed by atoms with van der Waals surface area (Å²) in [5.74, 6) is 0.760. The number of carbonyl (C=O) groups is 1. The summed E-state index contributed by atoms with van der Waals surface area (Å²) in [5.41, 5.74) is 0.684. The molecule has 1 aliphatic carbocycles. The fraction of sp³-hybridized carbons (Fsp3) is 0.364. The second-order valence-electron chi connectivity index (χ2n) is 3.93. The van der Waals surface area contributed by atoms with E-state index in [0.717, 1.165) is 10.9 Å². The molecule has 1 fully saturated rings. The van der Waals surface area contributed by atoms with Crippen LogP contribution in [0.1, 0.15) is 13.3 Å². The number of amides is 1. The average molecular weight is 289 g/mol. The lowest BCUT2D eigenvalue weighted by Crippen LogP contribution is -2.14. The fourth-order valence-electron chi connectivity index (χ4n) is 1.50. The van der Waals surface area contributed by atoms with E-state index < -0.39 is 0 Å². The van der Waals surface area contributed by atoms with E-state index in [9.17, 15) is 4.79 Å². The molecule has 4 heteroatoms. The van der Waals surface area contributed by atoms with Crippen LogP contribution in [0.2, 0.25) is 5.02 Å². The lowest BCUT2D eigenvalue weighted by Gasteiger charge is -2.06. The zero-order chi connectivity index (χ0) is 11.0. The monoisotopic (exact) mass is 287 g/mol. The van der Waals surface area contributed by atoms with Gasteiger partial charge in [-0.25, -0.2) is 0 Å². The van der Waals surface area contributed by atoms with Gasteiger partial charge < -0.3 is 5.32 Å². The summed E-state index contributed by atoms with van der Waals surface area (Å²) in [7, 11) is 0. The molecule has 80 valence electrons. The van der Waals surface area contributed by atoms with E-state index in [1.807, 2.05) is 6.07 Å². The van der Waals surface area contributed by atoms with Crippen LogP contribution in [0.25, 0.3) is 0 Å². The summed E-state index contributed by atoms with van der Waals surface area (Å²) >= 11 is 9.31. The molecule has 1 N–H and O–H groups in total. The van der Waals surface area contributed by atoms with Crippen LogP contribution in [0, 0.1) is 11.8 Å². The number of rotatable bonds is 2. The Hall–Kier alpha value is -0.540. The fourth-order valence-corrected chi connectivity index (χ4v) is 2.22. The Morgan fingerprint density at radius 3 is 2.80 bits per heavy atom. The zero-order valence-electron chi connectivity index (χ0n) is 8.26. The molecule has 1 aromatic rings. The van der Waals surface area contributed by atoms with E-state index in [-0.39, 0.29) is 11.8 Å². The normalized spacial score (nSPS) is 23.7. The standard InChI is InChI=1S/C11H11BrClNO/c1-6-4-8(6)11(15)14-10-3-2-7(12)5-9(10)13/h2-3,5-6,8H,4H2,1H3,(H,14,15)/t6-,8-/m0/s1. The molecule has 15 heavy (non-hydrogen) atoms. The molecule has 0 heterocycles. The van der Waals surface area contributed by atoms with Crippen LogP contribution < -0.4 is 5.32 Å². The molecular weight excluding hydrogens is 277 g/mol. The molecule has 1 saturated carbocycles. The lowest BCUT2D eigenvalue weighted by molar-refractivity contribution is -0.117. The van der Waals surface area contributed by atoms with Crippen molar-refractivity contribution in [2.24, 2.45) is 11.8 Å². The number of halogens is 2. The second kappa shape index (κ2) is 4.14. The van der Waals surface area contributed by atoms with Crippen LogP contribution in [-0.2, 0) is 4.79 Å². The molecule has 0 aliphatic heterocycles. The first-order chi connectivity index (χ1) is 7.08. The molecule has 0 bridgehead atoms. The third-order valence-electron chi connectivity index (χ3n) is 2.64. The van der Waals surface area contributed by atoms with Gasteiger partial charge in [0, 0.05) is 10.4 Å². The molecular formula is C11H11BrClNO. The van der Waals surface area contributed by atoms with Crippen LogP contribution >= 0.6 is 27.5 Å². The topological polar surface area (TPSA) is 29.1 Å². The van der Waals surface area contributed by atoms with Crippen molar-refractivity contribution < 1.29 is 4.79 Å². The smallest absolute Gasteiger partial charge is 0.227 e. The van der Waals surface area contributed by atoms with Crippen molar-refractivity contribution in [2.45, 2.75) is 13.3 Å². The van der Waals surface area contributed by atoms with Gasteiger partial charge in [0.15, 0.2) is 0 Å². The maximum Gasteiger partial charge on any atom is 0.227 e. The van der Waals surface area contributed by atoms with Crippen LogP contribution in [0.5, 0.6) is 0 Å². The minimum Gasteiger partial charge on any atom is -0.325 e. The van der Waals surface area contributed by atoms with E-state index in [2.05, 4.69) is 28.2 Å². The number of hydrogen-bond donors (Lipinski definition) is 1. The number of benzene rings is 1. The second-order valence-corrected chi connectivity index (χ2v) is 5.26. The molecule has 0 aromatic heterocycles. The Morgan fingerprint density at radius 2 is 2.27 bits per heavy atom. The Morgan fingerprint density at radius 1 is 1.60 bits per heavy atom. The zero-order valence-corrected chi connectivity index (χ0v) is 10.6. The largest absolute Gasteiger partial charge is 0.325 e. The van der Waals surface area contributed by atoms with Crippen LogP contribution in [0.15, 0.2) is 22.7 Å². The van der Waals surface area contributed by atoms with E-state index in [1.54, 1.807) is 12.1 Å². The SMILES string of the molecule is C[C@H]1C[C@@H]1C(=O)Nc1ccc(Br)cc1Cl. The maximum atomic E-state index is 11.6. The molecule has 1 aliphatic rings. The van der Waals surface area contributed by atoms with Gasteiger partial charge in [-0.3, -0.25) is 4.79 Å². The minimum absolute atomic E-state index is 0.0757. The van der Waals surface area contributed by atoms with E-state index in [1.165, 1.54) is 0 Å². The van der Waals surface area contributed by atoms with Gasteiger partial charge in [0.2, 0.25) is 5.91 Å². The number of hydrogen-bond acceptors (Lipinski definition) is 1. The lowest BCUT2D eigenvalue weighted by atomic mass is 10.3. The maximum absolute atomic E-state index is 11.6. The predicted octanol–water partition coefficient (Wildman–Crippen LogP) is 3.70. The quantitative estimate of drug-likeness (QED) is 0.883. The van der Waals surface area contributed by atoms with Gasteiger partial charge in [-0.1, -0.05) is 34.5 Å². The number of anilines is 1. The van der Waals surface area contributed by atoms with E-state index in [4.69, 9.17) is 11.6 Å². The Balaban J connectivity index is 2.07. The molecule has 0 saturated heterocycles. The van der Waals surface area contributed by atoms with Gasteiger partial charge in [-0.15, -0.1) is 0 Å². The van der Waals surface area contributed by atoms with Crippen LogP contribution in [-0.4, -0.2) is 5.91 Å². The van der Waals surface area contributed by atoms with E-state index >= 15 is 0 Å². The first kappa shape index (κ1) is 11.0. The molecule has 1 aromatic carbocycles. The van der Waals surface area contributed by atoms with E-state index in [0.29, 0.717) is 16.6 Å². The van der Waals surface area contributed by atoms with Gasteiger partial charge >= 0.3 is 0 Å². The first-order valence-electron chi connectivity index (χ1n) is 4.84. The van der Waals surface area contributed by atoms with Gasteiger partial charge in [0.1, 0.15) is 0 Å². The number of nitrogens with one attached hydrogen (secondary N) is 1. The Labute approximate surface area is 102 Å². The molecule has 2 rings (SSSR count). The summed E-state index contributed by atoms with van der Waals surface area (Å²) in [5, 5.41) is 3.40. The van der Waals surface area contributed by atoms with Gasteiger partial charge in [-0.05, 0) is 30.5 Å². The molecule has 1 amide bonds. The summed E-state index contributed by atoms with van der Waals surface area (Å²) in [4.78, 5) is 11.6. The van der Waals surface area contributed by atoms with Crippen molar-refractivity contribution in [3.63, 3.8) is 0 Å². The summed E-state index contributed by atoms with van der Waals surface area (Å²) in [6.45, 7) is 2.08. The van der Waals surface area contributed by atoms with Gasteiger partial charge in [0.25, 0.3) is 0 Å². The third kappa shape index (κ3) is 2.52. The Bertz CT molecular complexity index is 408. The molecule has 2 nitrogen and oxygen atoms in total. The number of carbonyl (C=O) groups excluding carboxylic acids is 1. The summed E-state index contributed by atoms with van der Waals surface area (Å²) in [6, 6.07) is 5.43. The molecule has 0 unspecified atom stereocenters. The van der Waals surface area contributed by atoms with Gasteiger partial charge in [0.05, 0.1) is 10.7 Å². The highest BCUT2D eigenvalue weighted by Crippen LogP contribution is 2.39. The minimum atomic E-state index is 0.0757. The first-order valence-corrected chi connectivity index (χ1v) is 6.01. The van der Waals surface area contributed by atoms with Crippen molar-refractivity contribution in [3.8, 4) is 0 Å². The summed E-state index contributed by atoms with van der Waals surface area (Å²) < 4.78 is 0.908. The Kier molecular flexibility index (Phi) is 3.03. The highest BCUT2D eigenvalue weighted by atomic mass is 79.9. The highest BCUT2D eigenvalue weighted by molar-refractivity contribution is 9.10.